The van der Waals surface area contributed by atoms with Crippen LogP contribution in [-0.2, 0) is 0 Å². The standard InChI is InChI=1S/C20H20BrNO5/c1-11(13-9-15(24-2)19(26-4)16(10-13)25-3)22-20(23)17-8-12-6-5-7-14(21)18(12)27-17/h5-11H,1-4H3,(H,22,23). The zero-order valence-electron chi connectivity index (χ0n) is 15.5. The zero-order chi connectivity index (χ0) is 19.6. The fourth-order valence-electron chi connectivity index (χ4n) is 2.84. The van der Waals surface area contributed by atoms with E-state index in [0.717, 1.165) is 15.4 Å². The molecule has 1 amide bonds. The van der Waals surface area contributed by atoms with Gasteiger partial charge in [0.2, 0.25) is 5.75 Å². The van der Waals surface area contributed by atoms with Crippen LogP contribution < -0.4 is 19.5 Å². The van der Waals surface area contributed by atoms with Crippen LogP contribution >= 0.6 is 15.9 Å². The van der Waals surface area contributed by atoms with E-state index < -0.39 is 0 Å². The number of hydrogen-bond donors (Lipinski definition) is 1. The van der Waals surface area contributed by atoms with Gasteiger partial charge in [0.15, 0.2) is 17.3 Å². The lowest BCUT2D eigenvalue weighted by Gasteiger charge is -2.18. The first-order valence-electron chi connectivity index (χ1n) is 8.27. The molecular weight excluding hydrogens is 414 g/mol. The van der Waals surface area contributed by atoms with Crippen LogP contribution in [0.25, 0.3) is 11.0 Å². The molecule has 0 aliphatic carbocycles. The lowest BCUT2D eigenvalue weighted by atomic mass is 10.1. The molecule has 0 saturated carbocycles. The number of furan rings is 1. The molecular formula is C20H20BrNO5. The summed E-state index contributed by atoms with van der Waals surface area (Å²) >= 11 is 3.43. The molecule has 0 aliphatic rings. The minimum Gasteiger partial charge on any atom is -0.493 e. The van der Waals surface area contributed by atoms with Crippen LogP contribution in [-0.4, -0.2) is 27.2 Å². The third-order valence-corrected chi connectivity index (χ3v) is 4.88. The number of ether oxygens (including phenoxy) is 3. The van der Waals surface area contributed by atoms with Crippen molar-refractivity contribution in [1.29, 1.82) is 0 Å². The van der Waals surface area contributed by atoms with E-state index in [4.69, 9.17) is 18.6 Å². The van der Waals surface area contributed by atoms with Gasteiger partial charge in [-0.1, -0.05) is 12.1 Å². The number of amides is 1. The van der Waals surface area contributed by atoms with Crippen molar-refractivity contribution >= 4 is 32.8 Å². The molecule has 1 heterocycles. The monoisotopic (exact) mass is 433 g/mol. The van der Waals surface area contributed by atoms with Crippen molar-refractivity contribution in [2.75, 3.05) is 21.3 Å². The molecule has 1 atom stereocenters. The van der Waals surface area contributed by atoms with E-state index in [9.17, 15) is 4.79 Å². The second kappa shape index (κ2) is 7.92. The van der Waals surface area contributed by atoms with Crippen molar-refractivity contribution in [3.05, 3.63) is 52.2 Å². The third kappa shape index (κ3) is 3.73. The van der Waals surface area contributed by atoms with Crippen molar-refractivity contribution in [3.8, 4) is 17.2 Å². The summed E-state index contributed by atoms with van der Waals surface area (Å²) in [6.07, 6.45) is 0. The highest BCUT2D eigenvalue weighted by atomic mass is 79.9. The molecule has 142 valence electrons. The van der Waals surface area contributed by atoms with Crippen LogP contribution in [0.5, 0.6) is 17.2 Å². The molecule has 1 aromatic heterocycles. The third-order valence-electron chi connectivity index (χ3n) is 4.25. The Bertz CT molecular complexity index is 957. The number of carbonyl (C=O) groups excluding carboxylic acids is 1. The van der Waals surface area contributed by atoms with Gasteiger partial charge in [-0.25, -0.2) is 0 Å². The minimum absolute atomic E-state index is 0.246. The lowest BCUT2D eigenvalue weighted by molar-refractivity contribution is 0.0914. The Morgan fingerprint density at radius 3 is 2.30 bits per heavy atom. The second-order valence-electron chi connectivity index (χ2n) is 5.92. The van der Waals surface area contributed by atoms with Gasteiger partial charge >= 0.3 is 0 Å². The van der Waals surface area contributed by atoms with Crippen molar-refractivity contribution < 1.29 is 23.4 Å². The van der Waals surface area contributed by atoms with Gasteiger partial charge in [0, 0.05) is 5.39 Å². The number of rotatable bonds is 6. The van der Waals surface area contributed by atoms with Gasteiger partial charge in [-0.15, -0.1) is 0 Å². The average molecular weight is 434 g/mol. The van der Waals surface area contributed by atoms with Crippen LogP contribution in [0.3, 0.4) is 0 Å². The van der Waals surface area contributed by atoms with Crippen molar-refractivity contribution in [3.63, 3.8) is 0 Å². The number of fused-ring (bicyclic) bond motifs is 1. The van der Waals surface area contributed by atoms with Crippen LogP contribution in [0.1, 0.15) is 29.1 Å². The van der Waals surface area contributed by atoms with Crippen molar-refractivity contribution in [1.82, 2.24) is 5.32 Å². The average Bonchev–Trinajstić information content (AvgIpc) is 3.12. The second-order valence-corrected chi connectivity index (χ2v) is 6.78. The topological polar surface area (TPSA) is 69.9 Å². The summed E-state index contributed by atoms with van der Waals surface area (Å²) in [7, 11) is 4.65. The highest BCUT2D eigenvalue weighted by Gasteiger charge is 2.20. The molecule has 6 nitrogen and oxygen atoms in total. The molecule has 0 bridgehead atoms. The maximum atomic E-state index is 12.6. The Hall–Kier alpha value is -2.67. The van der Waals surface area contributed by atoms with Gasteiger partial charge in [0.1, 0.15) is 5.58 Å². The summed E-state index contributed by atoms with van der Waals surface area (Å²) in [4.78, 5) is 12.6. The van der Waals surface area contributed by atoms with E-state index in [-0.39, 0.29) is 17.7 Å². The first-order valence-corrected chi connectivity index (χ1v) is 9.06. The van der Waals surface area contributed by atoms with Crippen LogP contribution in [0.2, 0.25) is 0 Å². The van der Waals surface area contributed by atoms with Gasteiger partial charge in [-0.05, 0) is 52.7 Å². The lowest BCUT2D eigenvalue weighted by Crippen LogP contribution is -2.26. The number of benzene rings is 2. The predicted octanol–water partition coefficient (Wildman–Crippen LogP) is 4.71. The first kappa shape index (κ1) is 19.1. The number of halogens is 1. The molecule has 0 spiro atoms. The van der Waals surface area contributed by atoms with Gasteiger partial charge in [-0.2, -0.15) is 0 Å². The molecule has 2 aromatic carbocycles. The van der Waals surface area contributed by atoms with Gasteiger partial charge < -0.3 is 23.9 Å². The molecule has 3 aromatic rings. The summed E-state index contributed by atoms with van der Waals surface area (Å²) in [5.74, 6) is 1.50. The van der Waals surface area contributed by atoms with Crippen molar-refractivity contribution in [2.45, 2.75) is 13.0 Å². The number of nitrogens with one attached hydrogen (secondary N) is 1. The summed E-state index contributed by atoms with van der Waals surface area (Å²) in [6.45, 7) is 1.87. The number of methoxy groups -OCH3 is 3. The van der Waals surface area contributed by atoms with E-state index in [1.165, 1.54) is 0 Å². The Morgan fingerprint density at radius 1 is 1.07 bits per heavy atom. The molecule has 3 rings (SSSR count). The predicted molar refractivity (Wildman–Crippen MR) is 106 cm³/mol. The number of para-hydroxylation sites is 1. The smallest absolute Gasteiger partial charge is 0.287 e. The highest BCUT2D eigenvalue weighted by molar-refractivity contribution is 9.10. The molecule has 0 aliphatic heterocycles. The SMILES string of the molecule is COc1cc(C(C)NC(=O)c2cc3cccc(Br)c3o2)cc(OC)c1OC. The maximum Gasteiger partial charge on any atom is 0.287 e. The first-order chi connectivity index (χ1) is 13.0. The molecule has 1 unspecified atom stereocenters. The molecule has 27 heavy (non-hydrogen) atoms. The van der Waals surface area contributed by atoms with Gasteiger partial charge in [0.05, 0.1) is 31.8 Å². The summed E-state index contributed by atoms with van der Waals surface area (Å²) in [6, 6.07) is 10.7. The van der Waals surface area contributed by atoms with Crippen LogP contribution in [0.15, 0.2) is 45.3 Å². The van der Waals surface area contributed by atoms with Gasteiger partial charge in [0.25, 0.3) is 5.91 Å². The van der Waals surface area contributed by atoms with E-state index in [2.05, 4.69) is 21.2 Å². The number of hydrogen-bond acceptors (Lipinski definition) is 5. The Labute approximate surface area is 165 Å². The quantitative estimate of drug-likeness (QED) is 0.609. The maximum absolute atomic E-state index is 12.6. The van der Waals surface area contributed by atoms with E-state index in [1.807, 2.05) is 37.3 Å². The highest BCUT2D eigenvalue weighted by Crippen LogP contribution is 2.39. The van der Waals surface area contributed by atoms with E-state index in [1.54, 1.807) is 27.4 Å². The number of carbonyl (C=O) groups is 1. The molecule has 0 fully saturated rings. The largest absolute Gasteiger partial charge is 0.493 e. The Kier molecular flexibility index (Phi) is 5.60. The van der Waals surface area contributed by atoms with Crippen molar-refractivity contribution in [2.24, 2.45) is 0 Å². The normalized spacial score (nSPS) is 11.9. The summed E-state index contributed by atoms with van der Waals surface area (Å²) < 4.78 is 22.6. The molecule has 0 radical (unpaired) electrons. The van der Waals surface area contributed by atoms with Crippen LogP contribution in [0, 0.1) is 0 Å². The summed E-state index contributed by atoms with van der Waals surface area (Å²) in [5.41, 5.74) is 1.46. The molecule has 0 saturated heterocycles. The van der Waals surface area contributed by atoms with Crippen LogP contribution in [0.4, 0.5) is 0 Å². The van der Waals surface area contributed by atoms with E-state index in [0.29, 0.717) is 22.8 Å². The summed E-state index contributed by atoms with van der Waals surface area (Å²) in [5, 5.41) is 3.79. The Morgan fingerprint density at radius 2 is 1.74 bits per heavy atom. The molecule has 7 heteroatoms. The van der Waals surface area contributed by atoms with Gasteiger partial charge in [-0.3, -0.25) is 4.79 Å². The zero-order valence-corrected chi connectivity index (χ0v) is 17.0. The van der Waals surface area contributed by atoms with E-state index >= 15 is 0 Å². The Balaban J connectivity index is 1.86. The molecule has 1 N–H and O–H groups in total. The fourth-order valence-corrected chi connectivity index (χ4v) is 3.30. The fraction of sp³-hybridized carbons (Fsp3) is 0.250. The minimum atomic E-state index is -0.306.